The average Bonchev–Trinajstić information content (AvgIpc) is 3.45. The molecule has 5 nitrogen and oxygen atoms in total. The van der Waals surface area contributed by atoms with Gasteiger partial charge in [0, 0.05) is 21.3 Å². The van der Waals surface area contributed by atoms with Gasteiger partial charge in [0.25, 0.3) is 5.91 Å². The summed E-state index contributed by atoms with van der Waals surface area (Å²) in [6.45, 7) is 4.38. The molecular weight excluding hydrogens is 498 g/mol. The zero-order valence-corrected chi connectivity index (χ0v) is 21.5. The fraction of sp³-hybridized carbons (Fsp3) is 0.148. The van der Waals surface area contributed by atoms with Gasteiger partial charge in [0.05, 0.1) is 5.02 Å². The first-order chi connectivity index (χ1) is 16.9. The molecule has 0 aliphatic carbocycles. The molecule has 5 aromatic rings. The molecule has 0 radical (unpaired) electrons. The van der Waals surface area contributed by atoms with Crippen molar-refractivity contribution in [2.24, 2.45) is 0 Å². The monoisotopic (exact) mass is 519 g/mol. The largest absolute Gasteiger partial charge is 0.436 e. The molecule has 0 saturated carbocycles. The Morgan fingerprint density at radius 1 is 1.14 bits per heavy atom. The lowest BCUT2D eigenvalue weighted by Crippen LogP contribution is -2.33. The lowest BCUT2D eigenvalue weighted by Gasteiger charge is -2.09. The standard InChI is InChI=1S/C27H22ClN3O2S2/c1-3-15(2)17-10-13-21-20(14-17)30-26(33-21)16-8-11-18(12-9-16)29-27(34)31-25(32)24-23(28)19-6-4-5-7-22(19)35-24/h4-15H,3H2,1-2H3,(H2,29,31,32,34)/t15-/m0/s1. The van der Waals surface area contributed by atoms with E-state index in [0.29, 0.717) is 21.7 Å². The van der Waals surface area contributed by atoms with Gasteiger partial charge in [-0.3, -0.25) is 10.1 Å². The number of anilines is 1. The highest BCUT2D eigenvalue weighted by molar-refractivity contribution is 7.80. The van der Waals surface area contributed by atoms with Crippen LogP contribution in [0, 0.1) is 0 Å². The van der Waals surface area contributed by atoms with Crippen LogP contribution in [0.3, 0.4) is 0 Å². The molecule has 176 valence electrons. The number of aromatic nitrogens is 1. The number of nitrogens with one attached hydrogen (secondary N) is 2. The van der Waals surface area contributed by atoms with E-state index in [1.165, 1.54) is 16.9 Å². The molecule has 0 aliphatic rings. The highest BCUT2D eigenvalue weighted by Gasteiger charge is 2.18. The Morgan fingerprint density at radius 2 is 1.91 bits per heavy atom. The van der Waals surface area contributed by atoms with Crippen LogP contribution in [0.15, 0.2) is 71.1 Å². The van der Waals surface area contributed by atoms with Crippen LogP contribution in [0.4, 0.5) is 5.69 Å². The van der Waals surface area contributed by atoms with Gasteiger partial charge in [-0.25, -0.2) is 4.98 Å². The number of rotatable bonds is 5. The van der Waals surface area contributed by atoms with Crippen LogP contribution in [-0.2, 0) is 0 Å². The number of amides is 1. The molecule has 1 atom stereocenters. The summed E-state index contributed by atoms with van der Waals surface area (Å²) < 4.78 is 6.91. The number of fused-ring (bicyclic) bond motifs is 2. The molecule has 35 heavy (non-hydrogen) atoms. The Kier molecular flexibility index (Phi) is 6.56. The van der Waals surface area contributed by atoms with Gasteiger partial charge in [0.15, 0.2) is 10.7 Å². The van der Waals surface area contributed by atoms with Gasteiger partial charge in [-0.2, -0.15) is 0 Å². The normalized spacial score (nSPS) is 12.1. The fourth-order valence-electron chi connectivity index (χ4n) is 3.79. The molecule has 0 spiro atoms. The van der Waals surface area contributed by atoms with Gasteiger partial charge in [-0.05, 0) is 72.6 Å². The molecule has 0 fully saturated rings. The second-order valence-electron chi connectivity index (χ2n) is 8.28. The van der Waals surface area contributed by atoms with Gasteiger partial charge in [0.1, 0.15) is 10.4 Å². The van der Waals surface area contributed by atoms with Gasteiger partial charge in [0.2, 0.25) is 5.89 Å². The van der Waals surface area contributed by atoms with Gasteiger partial charge < -0.3 is 9.73 Å². The van der Waals surface area contributed by atoms with Crippen molar-refractivity contribution in [1.82, 2.24) is 10.3 Å². The third kappa shape index (κ3) is 4.80. The van der Waals surface area contributed by atoms with Gasteiger partial charge >= 0.3 is 0 Å². The second-order valence-corrected chi connectivity index (χ2v) is 10.1. The Morgan fingerprint density at radius 3 is 2.66 bits per heavy atom. The van der Waals surface area contributed by atoms with Crippen LogP contribution in [0.1, 0.15) is 41.4 Å². The lowest BCUT2D eigenvalue weighted by molar-refractivity contribution is 0.0982. The number of thiophene rings is 1. The number of carbonyl (C=O) groups excluding carboxylic acids is 1. The van der Waals surface area contributed by atoms with Crippen LogP contribution >= 0.6 is 35.2 Å². The number of benzene rings is 3. The van der Waals surface area contributed by atoms with E-state index in [1.54, 1.807) is 0 Å². The first kappa shape index (κ1) is 23.5. The Bertz CT molecular complexity index is 1560. The smallest absolute Gasteiger partial charge is 0.269 e. The first-order valence-corrected chi connectivity index (χ1v) is 12.8. The SMILES string of the molecule is CC[C@H](C)c1ccc2oc(-c3ccc(NC(=S)NC(=O)c4sc5ccccc5c4Cl)cc3)nc2c1. The number of nitrogens with zero attached hydrogens (tertiary/aromatic N) is 1. The van der Waals surface area contributed by atoms with Crippen molar-refractivity contribution >= 4 is 73.0 Å². The number of carbonyl (C=O) groups is 1. The van der Waals surface area contributed by atoms with E-state index in [9.17, 15) is 4.79 Å². The van der Waals surface area contributed by atoms with E-state index < -0.39 is 0 Å². The molecule has 0 aliphatic heterocycles. The summed E-state index contributed by atoms with van der Waals surface area (Å²) in [4.78, 5) is 17.8. The number of hydrogen-bond donors (Lipinski definition) is 2. The molecule has 8 heteroatoms. The summed E-state index contributed by atoms with van der Waals surface area (Å²) >= 11 is 13.1. The van der Waals surface area contributed by atoms with E-state index >= 15 is 0 Å². The van der Waals surface area contributed by atoms with Crippen LogP contribution < -0.4 is 10.6 Å². The quantitative estimate of drug-likeness (QED) is 0.230. The topological polar surface area (TPSA) is 67.2 Å². The molecule has 0 bridgehead atoms. The van der Waals surface area contributed by atoms with Crippen molar-refractivity contribution in [3.63, 3.8) is 0 Å². The summed E-state index contributed by atoms with van der Waals surface area (Å²) in [5, 5.41) is 7.22. The average molecular weight is 520 g/mol. The van der Waals surface area contributed by atoms with Crippen molar-refractivity contribution in [1.29, 1.82) is 0 Å². The first-order valence-electron chi connectivity index (χ1n) is 11.2. The Hall–Kier alpha value is -3.26. The zero-order chi connectivity index (χ0) is 24.5. The maximum atomic E-state index is 12.7. The maximum Gasteiger partial charge on any atom is 0.269 e. The molecule has 3 aromatic carbocycles. The molecular formula is C27H22ClN3O2S2. The van der Waals surface area contributed by atoms with Crippen LogP contribution in [-0.4, -0.2) is 16.0 Å². The Balaban J connectivity index is 1.27. The van der Waals surface area contributed by atoms with E-state index in [4.69, 9.17) is 28.2 Å². The van der Waals surface area contributed by atoms with Crippen molar-refractivity contribution in [2.75, 3.05) is 5.32 Å². The predicted molar refractivity (Wildman–Crippen MR) is 149 cm³/mol. The number of halogens is 1. The summed E-state index contributed by atoms with van der Waals surface area (Å²) in [6.07, 6.45) is 1.07. The van der Waals surface area contributed by atoms with Crippen molar-refractivity contribution < 1.29 is 9.21 Å². The van der Waals surface area contributed by atoms with Crippen molar-refractivity contribution in [2.45, 2.75) is 26.2 Å². The zero-order valence-electron chi connectivity index (χ0n) is 19.1. The second kappa shape index (κ2) is 9.77. The minimum absolute atomic E-state index is 0.190. The van der Waals surface area contributed by atoms with Crippen molar-refractivity contribution in [3.05, 3.63) is 82.2 Å². The number of oxazole rings is 1. The van der Waals surface area contributed by atoms with E-state index in [2.05, 4.69) is 41.6 Å². The molecule has 5 rings (SSSR count). The van der Waals surface area contributed by atoms with Crippen LogP contribution in [0.2, 0.25) is 5.02 Å². The van der Waals surface area contributed by atoms with E-state index in [-0.39, 0.29) is 11.0 Å². The Labute approximate surface area is 217 Å². The third-order valence-corrected chi connectivity index (χ3v) is 7.83. The molecule has 1 amide bonds. The predicted octanol–water partition coefficient (Wildman–Crippen LogP) is 8.00. The van der Waals surface area contributed by atoms with Gasteiger partial charge in [-0.15, -0.1) is 11.3 Å². The van der Waals surface area contributed by atoms with Crippen LogP contribution in [0.25, 0.3) is 32.6 Å². The molecule has 0 saturated heterocycles. The summed E-state index contributed by atoms with van der Waals surface area (Å²) in [6, 6.07) is 21.3. The minimum Gasteiger partial charge on any atom is -0.436 e. The van der Waals surface area contributed by atoms with E-state index in [0.717, 1.165) is 38.9 Å². The lowest BCUT2D eigenvalue weighted by atomic mass is 9.98. The molecule has 2 N–H and O–H groups in total. The summed E-state index contributed by atoms with van der Waals surface area (Å²) in [5.41, 5.74) is 4.45. The van der Waals surface area contributed by atoms with Crippen LogP contribution in [0.5, 0.6) is 0 Å². The number of thiocarbonyl (C=S) groups is 1. The molecule has 2 aromatic heterocycles. The van der Waals surface area contributed by atoms with E-state index in [1.807, 2.05) is 54.6 Å². The minimum atomic E-state index is -0.339. The van der Waals surface area contributed by atoms with Crippen molar-refractivity contribution in [3.8, 4) is 11.5 Å². The van der Waals surface area contributed by atoms with Gasteiger partial charge in [-0.1, -0.05) is 49.7 Å². The maximum absolute atomic E-state index is 12.7. The fourth-order valence-corrected chi connectivity index (χ4v) is 5.41. The highest BCUT2D eigenvalue weighted by Crippen LogP contribution is 2.35. The summed E-state index contributed by atoms with van der Waals surface area (Å²) in [5.74, 6) is 0.695. The molecule has 2 heterocycles. The third-order valence-electron chi connectivity index (χ3n) is 5.95. The number of hydrogen-bond acceptors (Lipinski definition) is 5. The molecule has 0 unspecified atom stereocenters. The summed E-state index contributed by atoms with van der Waals surface area (Å²) in [7, 11) is 0. The highest BCUT2D eigenvalue weighted by atomic mass is 35.5.